The average Bonchev–Trinajstić information content (AvgIpc) is 3.08. The molecule has 0 bridgehead atoms. The van der Waals surface area contributed by atoms with Gasteiger partial charge in [0.25, 0.3) is 5.76 Å². The molecule has 0 fully saturated rings. The van der Waals surface area contributed by atoms with E-state index < -0.39 is 5.76 Å². The van der Waals surface area contributed by atoms with Gasteiger partial charge in [-0.15, -0.1) is 10.2 Å². The first-order valence-corrected chi connectivity index (χ1v) is 8.20. The molecule has 0 saturated heterocycles. The van der Waals surface area contributed by atoms with Crippen LogP contribution in [0.2, 0.25) is 0 Å². The first-order chi connectivity index (χ1) is 10.6. The predicted molar refractivity (Wildman–Crippen MR) is 81.9 cm³/mol. The van der Waals surface area contributed by atoms with Crippen LogP contribution in [0.4, 0.5) is 8.78 Å². The summed E-state index contributed by atoms with van der Waals surface area (Å²) in [6.07, 6.45) is 2.14. The minimum absolute atomic E-state index is 0.125. The van der Waals surface area contributed by atoms with Crippen molar-refractivity contribution in [3.63, 3.8) is 0 Å². The van der Waals surface area contributed by atoms with E-state index in [9.17, 15) is 8.78 Å². The second-order valence-corrected chi connectivity index (χ2v) is 6.40. The molecule has 0 amide bonds. The lowest BCUT2D eigenvalue weighted by Gasteiger charge is -2.14. The summed E-state index contributed by atoms with van der Waals surface area (Å²) in [5.41, 5.74) is 1.07. The van der Waals surface area contributed by atoms with Gasteiger partial charge in [0, 0.05) is 23.9 Å². The minimum atomic E-state index is -2.38. The maximum absolute atomic E-state index is 12.3. The summed E-state index contributed by atoms with van der Waals surface area (Å²) >= 11 is 0.568. The quantitative estimate of drug-likeness (QED) is 0.827. The molecule has 0 radical (unpaired) electrons. The largest absolute Gasteiger partial charge is 0.314 e. The normalized spacial score (nSPS) is 15.3. The molecule has 22 heavy (non-hydrogen) atoms. The third-order valence-electron chi connectivity index (χ3n) is 3.86. The van der Waals surface area contributed by atoms with Gasteiger partial charge in [0.2, 0.25) is 0 Å². The van der Waals surface area contributed by atoms with Gasteiger partial charge in [-0.25, -0.2) is 0 Å². The standard InChI is InChI=1S/C15H18F2N4S/c1-10(11-4-6-12(7-5-11)22-15(16)17)18-9-14-20-19-13-3-2-8-21(13)14/h4-7,10,15,18H,2-3,8-9H2,1H3/t10-/m0/s1. The number of aryl methyl sites for hydroxylation is 1. The Morgan fingerprint density at radius 1 is 1.27 bits per heavy atom. The van der Waals surface area contributed by atoms with Gasteiger partial charge in [0.05, 0.1) is 6.54 Å². The fraction of sp³-hybridized carbons (Fsp3) is 0.467. The van der Waals surface area contributed by atoms with Crippen molar-refractivity contribution in [1.82, 2.24) is 20.1 Å². The van der Waals surface area contributed by atoms with Crippen LogP contribution in [0.25, 0.3) is 0 Å². The summed E-state index contributed by atoms with van der Waals surface area (Å²) in [5, 5.41) is 11.8. The molecule has 3 rings (SSSR count). The Hall–Kier alpha value is -1.47. The maximum Gasteiger partial charge on any atom is 0.288 e. The van der Waals surface area contributed by atoms with Gasteiger partial charge in [-0.3, -0.25) is 0 Å². The van der Waals surface area contributed by atoms with Crippen molar-refractivity contribution in [3.8, 4) is 0 Å². The molecule has 7 heteroatoms. The van der Waals surface area contributed by atoms with E-state index in [2.05, 4.69) is 27.0 Å². The number of halogens is 2. The molecule has 1 atom stereocenters. The highest BCUT2D eigenvalue weighted by molar-refractivity contribution is 7.99. The van der Waals surface area contributed by atoms with Gasteiger partial charge in [0.15, 0.2) is 0 Å². The smallest absolute Gasteiger partial charge is 0.288 e. The van der Waals surface area contributed by atoms with Crippen LogP contribution < -0.4 is 5.32 Å². The Labute approximate surface area is 132 Å². The van der Waals surface area contributed by atoms with Crippen molar-refractivity contribution in [1.29, 1.82) is 0 Å². The van der Waals surface area contributed by atoms with Gasteiger partial charge >= 0.3 is 0 Å². The predicted octanol–water partition coefficient (Wildman–Crippen LogP) is 3.39. The number of rotatable bonds is 6. The van der Waals surface area contributed by atoms with Crippen molar-refractivity contribution in [2.24, 2.45) is 0 Å². The van der Waals surface area contributed by atoms with Crippen molar-refractivity contribution in [3.05, 3.63) is 41.5 Å². The molecule has 1 aliphatic heterocycles. The first kappa shape index (κ1) is 15.4. The van der Waals surface area contributed by atoms with E-state index in [1.807, 2.05) is 12.1 Å². The highest BCUT2D eigenvalue weighted by atomic mass is 32.2. The van der Waals surface area contributed by atoms with E-state index in [0.717, 1.165) is 36.6 Å². The zero-order valence-corrected chi connectivity index (χ0v) is 13.1. The monoisotopic (exact) mass is 324 g/mol. The molecular weight excluding hydrogens is 306 g/mol. The summed E-state index contributed by atoms with van der Waals surface area (Å²) in [6.45, 7) is 3.70. The van der Waals surface area contributed by atoms with Crippen LogP contribution in [-0.2, 0) is 19.5 Å². The second kappa shape index (κ2) is 6.75. The molecule has 0 aliphatic carbocycles. The SMILES string of the molecule is C[C@H](NCc1nnc2n1CCC2)c1ccc(SC(F)F)cc1. The van der Waals surface area contributed by atoms with Crippen LogP contribution in [-0.4, -0.2) is 20.5 Å². The Bertz CT molecular complexity index is 627. The zero-order valence-electron chi connectivity index (χ0n) is 12.3. The van der Waals surface area contributed by atoms with Gasteiger partial charge in [-0.05, 0) is 31.0 Å². The van der Waals surface area contributed by atoms with Crippen LogP contribution in [0.1, 0.15) is 36.6 Å². The molecule has 1 aliphatic rings. The molecule has 118 valence electrons. The molecule has 2 heterocycles. The van der Waals surface area contributed by atoms with Crippen molar-refractivity contribution in [2.45, 2.75) is 49.5 Å². The number of hydrogen-bond acceptors (Lipinski definition) is 4. The van der Waals surface area contributed by atoms with E-state index in [0.29, 0.717) is 23.2 Å². The van der Waals surface area contributed by atoms with Crippen LogP contribution in [0.3, 0.4) is 0 Å². The number of benzene rings is 1. The summed E-state index contributed by atoms with van der Waals surface area (Å²) in [6, 6.07) is 7.37. The Morgan fingerprint density at radius 3 is 2.77 bits per heavy atom. The summed E-state index contributed by atoms with van der Waals surface area (Å²) in [7, 11) is 0. The lowest BCUT2D eigenvalue weighted by atomic mass is 10.1. The van der Waals surface area contributed by atoms with Crippen molar-refractivity contribution < 1.29 is 8.78 Å². The Balaban J connectivity index is 1.58. The molecule has 0 unspecified atom stereocenters. The number of hydrogen-bond donors (Lipinski definition) is 1. The highest BCUT2D eigenvalue weighted by Crippen LogP contribution is 2.26. The number of nitrogens with zero attached hydrogens (tertiary/aromatic N) is 3. The first-order valence-electron chi connectivity index (χ1n) is 7.32. The number of nitrogens with one attached hydrogen (secondary N) is 1. The fourth-order valence-electron chi connectivity index (χ4n) is 2.64. The van der Waals surface area contributed by atoms with E-state index in [-0.39, 0.29) is 6.04 Å². The van der Waals surface area contributed by atoms with Gasteiger partial charge in [0.1, 0.15) is 11.6 Å². The lowest BCUT2D eigenvalue weighted by molar-refractivity contribution is 0.252. The van der Waals surface area contributed by atoms with Crippen molar-refractivity contribution >= 4 is 11.8 Å². The topological polar surface area (TPSA) is 42.7 Å². The number of fused-ring (bicyclic) bond motifs is 1. The maximum atomic E-state index is 12.3. The number of thioether (sulfide) groups is 1. The molecule has 1 aromatic heterocycles. The second-order valence-electron chi connectivity index (χ2n) is 5.34. The Kier molecular flexibility index (Phi) is 4.73. The third-order valence-corrected chi connectivity index (χ3v) is 4.58. The molecule has 1 aromatic carbocycles. The molecular formula is C15H18F2N4S. The van der Waals surface area contributed by atoms with Crippen LogP contribution in [0, 0.1) is 0 Å². The number of alkyl halides is 2. The lowest BCUT2D eigenvalue weighted by Crippen LogP contribution is -2.20. The van der Waals surface area contributed by atoms with E-state index in [4.69, 9.17) is 0 Å². The van der Waals surface area contributed by atoms with Gasteiger partial charge < -0.3 is 9.88 Å². The summed E-state index contributed by atoms with van der Waals surface area (Å²) < 4.78 is 26.8. The minimum Gasteiger partial charge on any atom is -0.314 e. The molecule has 0 spiro atoms. The third kappa shape index (κ3) is 3.47. The van der Waals surface area contributed by atoms with Crippen LogP contribution >= 0.6 is 11.8 Å². The van der Waals surface area contributed by atoms with Crippen LogP contribution in [0.15, 0.2) is 29.2 Å². The van der Waals surface area contributed by atoms with Gasteiger partial charge in [-0.2, -0.15) is 8.78 Å². The number of aromatic nitrogens is 3. The highest BCUT2D eigenvalue weighted by Gasteiger charge is 2.17. The molecule has 2 aromatic rings. The Morgan fingerprint density at radius 2 is 2.05 bits per heavy atom. The summed E-state index contributed by atoms with van der Waals surface area (Å²) in [5.74, 6) is -0.349. The zero-order chi connectivity index (χ0) is 15.5. The fourth-order valence-corrected chi connectivity index (χ4v) is 3.14. The van der Waals surface area contributed by atoms with E-state index >= 15 is 0 Å². The molecule has 4 nitrogen and oxygen atoms in total. The van der Waals surface area contributed by atoms with E-state index in [1.54, 1.807) is 12.1 Å². The summed E-state index contributed by atoms with van der Waals surface area (Å²) in [4.78, 5) is 0.584. The van der Waals surface area contributed by atoms with Crippen molar-refractivity contribution in [2.75, 3.05) is 0 Å². The van der Waals surface area contributed by atoms with Gasteiger partial charge in [-0.1, -0.05) is 23.9 Å². The average molecular weight is 324 g/mol. The molecule has 0 saturated carbocycles. The van der Waals surface area contributed by atoms with E-state index in [1.165, 1.54) is 0 Å². The molecule has 1 N–H and O–H groups in total. The van der Waals surface area contributed by atoms with Crippen LogP contribution in [0.5, 0.6) is 0 Å².